The highest BCUT2D eigenvalue weighted by molar-refractivity contribution is 7.17. The molecular weight excluding hydrogens is 252 g/mol. The third-order valence-corrected chi connectivity index (χ3v) is 3.78. The number of rotatable bonds is 3. The van der Waals surface area contributed by atoms with Crippen molar-refractivity contribution in [2.45, 2.75) is 32.7 Å². The molecule has 0 atom stereocenters. The number of thiophene rings is 1. The Morgan fingerprint density at radius 2 is 1.94 bits per heavy atom. The summed E-state index contributed by atoms with van der Waals surface area (Å²) in [5, 5.41) is 5.99. The average molecular weight is 269 g/mol. The number of nitrogens with one attached hydrogen (secondary N) is 1. The predicted octanol–water partition coefficient (Wildman–Crippen LogP) is 4.11. The molecule has 0 aliphatic rings. The Labute approximate surface area is 110 Å². The first-order valence-electron chi connectivity index (χ1n) is 5.97. The fourth-order valence-electron chi connectivity index (χ4n) is 1.88. The Morgan fingerprint density at radius 1 is 1.22 bits per heavy atom. The second kappa shape index (κ2) is 4.94. The van der Waals surface area contributed by atoms with Crippen LogP contribution in [-0.4, -0.2) is 12.1 Å². The van der Waals surface area contributed by atoms with Crippen LogP contribution in [-0.2, 0) is 6.42 Å². The van der Waals surface area contributed by atoms with Crippen LogP contribution in [0.5, 0.6) is 0 Å². The van der Waals surface area contributed by atoms with Crippen molar-refractivity contribution >= 4 is 21.4 Å². The lowest BCUT2D eigenvalue weighted by molar-refractivity contribution is 0.430. The van der Waals surface area contributed by atoms with Crippen molar-refractivity contribution < 1.29 is 8.78 Å². The lowest BCUT2D eigenvalue weighted by atomic mass is 10.1. The molecule has 4 heteroatoms. The van der Waals surface area contributed by atoms with Crippen molar-refractivity contribution in [3.63, 3.8) is 0 Å². The monoisotopic (exact) mass is 269 g/mol. The van der Waals surface area contributed by atoms with Crippen LogP contribution in [0.3, 0.4) is 0 Å². The number of hydrogen-bond acceptors (Lipinski definition) is 2. The second-order valence-corrected chi connectivity index (χ2v) is 6.33. The van der Waals surface area contributed by atoms with Gasteiger partial charge in [0.25, 0.3) is 0 Å². The minimum Gasteiger partial charge on any atom is -0.312 e. The summed E-state index contributed by atoms with van der Waals surface area (Å²) in [5.74, 6) is -0.978. The smallest absolute Gasteiger partial charge is 0.143 e. The molecule has 0 amide bonds. The van der Waals surface area contributed by atoms with E-state index < -0.39 is 11.6 Å². The molecule has 18 heavy (non-hydrogen) atoms. The summed E-state index contributed by atoms with van der Waals surface area (Å²) in [6.45, 7) is 7.08. The maximum Gasteiger partial charge on any atom is 0.143 e. The van der Waals surface area contributed by atoms with E-state index in [1.807, 2.05) is 5.38 Å². The zero-order chi connectivity index (χ0) is 13.3. The van der Waals surface area contributed by atoms with Gasteiger partial charge in [-0.1, -0.05) is 0 Å². The van der Waals surface area contributed by atoms with Crippen molar-refractivity contribution in [3.8, 4) is 0 Å². The molecule has 0 bridgehead atoms. The molecule has 1 aromatic carbocycles. The summed E-state index contributed by atoms with van der Waals surface area (Å²) >= 11 is 1.34. The minimum absolute atomic E-state index is 0.0579. The highest BCUT2D eigenvalue weighted by Gasteiger charge is 2.12. The SMILES string of the molecule is CC(C)(C)NCCc1csc2c(F)cc(F)cc12. The number of hydrogen-bond donors (Lipinski definition) is 1. The van der Waals surface area contributed by atoms with Gasteiger partial charge in [-0.05, 0) is 50.7 Å². The summed E-state index contributed by atoms with van der Waals surface area (Å²) in [6, 6.07) is 2.36. The first kappa shape index (κ1) is 13.4. The van der Waals surface area contributed by atoms with Gasteiger partial charge in [-0.3, -0.25) is 0 Å². The molecule has 0 saturated heterocycles. The van der Waals surface area contributed by atoms with Crippen LogP contribution in [0.4, 0.5) is 8.78 Å². The van der Waals surface area contributed by atoms with E-state index in [1.165, 1.54) is 17.4 Å². The maximum atomic E-state index is 13.5. The first-order valence-corrected chi connectivity index (χ1v) is 6.85. The second-order valence-electron chi connectivity index (χ2n) is 5.45. The normalized spacial score (nSPS) is 12.3. The Kier molecular flexibility index (Phi) is 3.69. The van der Waals surface area contributed by atoms with Crippen molar-refractivity contribution in [1.82, 2.24) is 5.32 Å². The van der Waals surface area contributed by atoms with Gasteiger partial charge in [-0.2, -0.15) is 0 Å². The fraction of sp³-hybridized carbons (Fsp3) is 0.429. The Hall–Kier alpha value is -1.00. The lowest BCUT2D eigenvalue weighted by Gasteiger charge is -2.20. The lowest BCUT2D eigenvalue weighted by Crippen LogP contribution is -2.37. The van der Waals surface area contributed by atoms with Gasteiger partial charge in [0.05, 0.1) is 4.70 Å². The largest absolute Gasteiger partial charge is 0.312 e. The van der Waals surface area contributed by atoms with Gasteiger partial charge in [0, 0.05) is 17.0 Å². The zero-order valence-corrected chi connectivity index (χ0v) is 11.6. The molecule has 98 valence electrons. The van der Waals surface area contributed by atoms with Crippen LogP contribution in [0.25, 0.3) is 10.1 Å². The molecule has 0 saturated carbocycles. The summed E-state index contributed by atoms with van der Waals surface area (Å²) in [5.41, 5.74) is 1.06. The van der Waals surface area contributed by atoms with Crippen molar-refractivity contribution in [2.75, 3.05) is 6.54 Å². The van der Waals surface area contributed by atoms with Crippen LogP contribution in [0, 0.1) is 11.6 Å². The Morgan fingerprint density at radius 3 is 2.61 bits per heavy atom. The van der Waals surface area contributed by atoms with E-state index in [9.17, 15) is 8.78 Å². The summed E-state index contributed by atoms with van der Waals surface area (Å²) in [7, 11) is 0. The Balaban J connectivity index is 2.19. The van der Waals surface area contributed by atoms with E-state index in [-0.39, 0.29) is 5.54 Å². The minimum atomic E-state index is -0.511. The molecule has 0 unspecified atom stereocenters. The van der Waals surface area contributed by atoms with Crippen LogP contribution < -0.4 is 5.32 Å². The number of fused-ring (bicyclic) bond motifs is 1. The summed E-state index contributed by atoms with van der Waals surface area (Å²) in [4.78, 5) is 0. The van der Waals surface area contributed by atoms with E-state index >= 15 is 0 Å². The number of halogens is 2. The molecule has 0 radical (unpaired) electrons. The zero-order valence-electron chi connectivity index (χ0n) is 10.8. The van der Waals surface area contributed by atoms with Gasteiger partial charge in [-0.25, -0.2) is 8.78 Å². The van der Waals surface area contributed by atoms with E-state index in [0.717, 1.165) is 24.6 Å². The van der Waals surface area contributed by atoms with Gasteiger partial charge >= 0.3 is 0 Å². The predicted molar refractivity (Wildman–Crippen MR) is 73.2 cm³/mol. The first-order chi connectivity index (χ1) is 8.37. The molecule has 0 aliphatic carbocycles. The van der Waals surface area contributed by atoms with E-state index in [4.69, 9.17) is 0 Å². The van der Waals surface area contributed by atoms with Crippen LogP contribution in [0.15, 0.2) is 17.5 Å². The maximum absolute atomic E-state index is 13.5. The standard InChI is InChI=1S/C14H17F2NS/c1-14(2,3)17-5-4-9-8-18-13-11(9)6-10(15)7-12(13)16/h6-8,17H,4-5H2,1-3H3. The van der Waals surface area contributed by atoms with Crippen molar-refractivity contribution in [1.29, 1.82) is 0 Å². The summed E-state index contributed by atoms with van der Waals surface area (Å²) < 4.78 is 27.3. The molecule has 1 N–H and O–H groups in total. The van der Waals surface area contributed by atoms with Crippen molar-refractivity contribution in [2.24, 2.45) is 0 Å². The van der Waals surface area contributed by atoms with Gasteiger partial charge < -0.3 is 5.32 Å². The summed E-state index contributed by atoms with van der Waals surface area (Å²) in [6.07, 6.45) is 0.778. The third kappa shape index (κ3) is 3.06. The van der Waals surface area contributed by atoms with Gasteiger partial charge in [0.1, 0.15) is 11.6 Å². The Bertz CT molecular complexity index is 555. The topological polar surface area (TPSA) is 12.0 Å². The van der Waals surface area contributed by atoms with Gasteiger partial charge in [0.2, 0.25) is 0 Å². The quantitative estimate of drug-likeness (QED) is 0.884. The molecule has 0 spiro atoms. The van der Waals surface area contributed by atoms with E-state index in [0.29, 0.717) is 10.1 Å². The van der Waals surface area contributed by atoms with Crippen LogP contribution >= 0.6 is 11.3 Å². The molecule has 1 aromatic heterocycles. The van der Waals surface area contributed by atoms with Crippen LogP contribution in [0.1, 0.15) is 26.3 Å². The van der Waals surface area contributed by atoms with Crippen LogP contribution in [0.2, 0.25) is 0 Å². The molecule has 2 rings (SSSR count). The van der Waals surface area contributed by atoms with E-state index in [2.05, 4.69) is 26.1 Å². The van der Waals surface area contributed by atoms with E-state index in [1.54, 1.807) is 0 Å². The molecule has 1 nitrogen and oxygen atoms in total. The van der Waals surface area contributed by atoms with Crippen molar-refractivity contribution in [3.05, 3.63) is 34.7 Å². The molecule has 0 aliphatic heterocycles. The van der Waals surface area contributed by atoms with Gasteiger partial charge in [0.15, 0.2) is 0 Å². The molecule has 2 aromatic rings. The highest BCUT2D eigenvalue weighted by atomic mass is 32.1. The third-order valence-electron chi connectivity index (χ3n) is 2.72. The molecule has 1 heterocycles. The average Bonchev–Trinajstić information content (AvgIpc) is 2.60. The molecule has 0 fully saturated rings. The number of benzene rings is 1. The molecular formula is C14H17F2NS. The van der Waals surface area contributed by atoms with Gasteiger partial charge in [-0.15, -0.1) is 11.3 Å². The fourth-order valence-corrected chi connectivity index (χ4v) is 2.87. The highest BCUT2D eigenvalue weighted by Crippen LogP contribution is 2.29.